The number of rotatable bonds is 3. The van der Waals surface area contributed by atoms with E-state index in [1.54, 1.807) is 0 Å². The van der Waals surface area contributed by atoms with Crippen molar-refractivity contribution in [1.82, 2.24) is 5.16 Å². The first-order chi connectivity index (χ1) is 7.74. The molecule has 0 aliphatic carbocycles. The van der Waals surface area contributed by atoms with Crippen LogP contribution in [0.1, 0.15) is 31.0 Å². The molecule has 2 rings (SSSR count). The Balaban J connectivity index is 2.53. The number of hydrogen-bond donors (Lipinski definition) is 0. The third kappa shape index (κ3) is 2.05. The normalized spacial score (nSPS) is 11.0. The lowest BCUT2D eigenvalue weighted by molar-refractivity contribution is 0.426. The first-order valence-corrected chi connectivity index (χ1v) is 6.46. The summed E-state index contributed by atoms with van der Waals surface area (Å²) >= 11 is 3.44. The summed E-state index contributed by atoms with van der Waals surface area (Å²) in [6, 6.07) is 10.1. The van der Waals surface area contributed by atoms with Crippen LogP contribution in [0.3, 0.4) is 0 Å². The Morgan fingerprint density at radius 2 is 1.94 bits per heavy atom. The van der Waals surface area contributed by atoms with E-state index in [1.807, 2.05) is 30.3 Å². The van der Waals surface area contributed by atoms with Crippen molar-refractivity contribution in [2.24, 2.45) is 0 Å². The van der Waals surface area contributed by atoms with E-state index < -0.39 is 0 Å². The lowest BCUT2D eigenvalue weighted by atomic mass is 9.98. The molecule has 0 atom stereocenters. The molecular formula is C13H14BrNO. The van der Waals surface area contributed by atoms with Gasteiger partial charge in [0, 0.05) is 16.5 Å². The van der Waals surface area contributed by atoms with Gasteiger partial charge >= 0.3 is 0 Å². The minimum atomic E-state index is 0.411. The maximum absolute atomic E-state index is 5.45. The highest BCUT2D eigenvalue weighted by atomic mass is 79.9. The molecule has 1 heterocycles. The van der Waals surface area contributed by atoms with E-state index >= 15 is 0 Å². The summed E-state index contributed by atoms with van der Waals surface area (Å²) in [5.41, 5.74) is 3.28. The zero-order valence-corrected chi connectivity index (χ0v) is 11.0. The van der Waals surface area contributed by atoms with Gasteiger partial charge in [0.2, 0.25) is 0 Å². The Morgan fingerprint density at radius 1 is 1.25 bits per heavy atom. The number of halogens is 1. The van der Waals surface area contributed by atoms with Gasteiger partial charge in [-0.05, 0) is 5.92 Å². The Bertz CT molecular complexity index is 462. The van der Waals surface area contributed by atoms with Crippen LogP contribution >= 0.6 is 15.9 Å². The molecule has 0 aliphatic heterocycles. The van der Waals surface area contributed by atoms with Crippen molar-refractivity contribution in [2.45, 2.75) is 25.1 Å². The molecule has 0 saturated carbocycles. The quantitative estimate of drug-likeness (QED) is 0.781. The van der Waals surface area contributed by atoms with Gasteiger partial charge in [-0.2, -0.15) is 0 Å². The van der Waals surface area contributed by atoms with E-state index in [0.717, 1.165) is 22.3 Å². The van der Waals surface area contributed by atoms with Crippen LogP contribution in [0.15, 0.2) is 34.9 Å². The van der Waals surface area contributed by atoms with Crippen LogP contribution < -0.4 is 0 Å². The average molecular weight is 280 g/mol. The summed E-state index contributed by atoms with van der Waals surface area (Å²) in [5.74, 6) is 1.30. The summed E-state index contributed by atoms with van der Waals surface area (Å²) in [7, 11) is 0. The van der Waals surface area contributed by atoms with Gasteiger partial charge in [0.25, 0.3) is 0 Å². The van der Waals surface area contributed by atoms with Crippen molar-refractivity contribution in [2.75, 3.05) is 0 Å². The lowest BCUT2D eigenvalue weighted by Crippen LogP contribution is -1.93. The molecule has 0 saturated heterocycles. The zero-order chi connectivity index (χ0) is 11.5. The Hall–Kier alpha value is -1.09. The Morgan fingerprint density at radius 3 is 2.50 bits per heavy atom. The molecule has 0 radical (unpaired) electrons. The van der Waals surface area contributed by atoms with Gasteiger partial charge in [-0.1, -0.05) is 65.3 Å². The minimum Gasteiger partial charge on any atom is -0.356 e. The molecule has 0 N–H and O–H groups in total. The molecule has 0 spiro atoms. The maximum atomic E-state index is 5.45. The van der Waals surface area contributed by atoms with E-state index in [1.165, 1.54) is 5.56 Å². The van der Waals surface area contributed by atoms with Crippen LogP contribution in [-0.2, 0) is 5.33 Å². The van der Waals surface area contributed by atoms with Crippen molar-refractivity contribution in [3.63, 3.8) is 0 Å². The second kappa shape index (κ2) is 4.83. The molecule has 0 unspecified atom stereocenters. The predicted molar refractivity (Wildman–Crippen MR) is 68.7 cm³/mol. The molecule has 0 bridgehead atoms. The topological polar surface area (TPSA) is 26.0 Å². The van der Waals surface area contributed by atoms with Crippen LogP contribution in [0.5, 0.6) is 0 Å². The van der Waals surface area contributed by atoms with Gasteiger partial charge in [0.05, 0.1) is 5.69 Å². The van der Waals surface area contributed by atoms with Crippen LogP contribution in [0.2, 0.25) is 0 Å². The molecule has 0 aliphatic rings. The van der Waals surface area contributed by atoms with Gasteiger partial charge in [0.15, 0.2) is 5.76 Å². The number of aromatic nitrogens is 1. The van der Waals surface area contributed by atoms with Gasteiger partial charge < -0.3 is 4.52 Å². The molecule has 3 heteroatoms. The number of benzene rings is 1. The smallest absolute Gasteiger partial charge is 0.170 e. The number of alkyl halides is 1. The van der Waals surface area contributed by atoms with Crippen molar-refractivity contribution in [3.8, 4) is 11.3 Å². The molecule has 2 aromatic rings. The van der Waals surface area contributed by atoms with Crippen LogP contribution in [0, 0.1) is 0 Å². The molecule has 16 heavy (non-hydrogen) atoms. The summed E-state index contributed by atoms with van der Waals surface area (Å²) in [6.07, 6.45) is 0. The van der Waals surface area contributed by atoms with Crippen LogP contribution in [0.25, 0.3) is 11.3 Å². The monoisotopic (exact) mass is 279 g/mol. The molecule has 2 nitrogen and oxygen atoms in total. The molecule has 0 fully saturated rings. The number of nitrogens with zero attached hydrogens (tertiary/aromatic N) is 1. The second-order valence-electron chi connectivity index (χ2n) is 4.03. The van der Waals surface area contributed by atoms with Crippen molar-refractivity contribution in [3.05, 3.63) is 41.6 Å². The van der Waals surface area contributed by atoms with Gasteiger partial charge in [-0.25, -0.2) is 0 Å². The fourth-order valence-electron chi connectivity index (χ4n) is 1.82. The fraction of sp³-hybridized carbons (Fsp3) is 0.308. The summed E-state index contributed by atoms with van der Waals surface area (Å²) in [6.45, 7) is 4.32. The highest BCUT2D eigenvalue weighted by molar-refractivity contribution is 9.08. The average Bonchev–Trinajstić information content (AvgIpc) is 2.73. The summed E-state index contributed by atoms with van der Waals surface area (Å²) < 4.78 is 5.45. The SMILES string of the molecule is CC(C)c1c(CBr)noc1-c1ccccc1. The lowest BCUT2D eigenvalue weighted by Gasteiger charge is -2.05. The minimum absolute atomic E-state index is 0.411. The van der Waals surface area contributed by atoms with Gasteiger partial charge in [-0.15, -0.1) is 0 Å². The van der Waals surface area contributed by atoms with Crippen molar-refractivity contribution < 1.29 is 4.52 Å². The largest absolute Gasteiger partial charge is 0.356 e. The molecule has 1 aromatic heterocycles. The van der Waals surface area contributed by atoms with Crippen molar-refractivity contribution >= 4 is 15.9 Å². The van der Waals surface area contributed by atoms with Gasteiger partial charge in [0.1, 0.15) is 0 Å². The molecule has 84 valence electrons. The van der Waals surface area contributed by atoms with E-state index in [0.29, 0.717) is 5.92 Å². The predicted octanol–water partition coefficient (Wildman–Crippen LogP) is 4.36. The van der Waals surface area contributed by atoms with E-state index in [-0.39, 0.29) is 0 Å². The fourth-order valence-corrected chi connectivity index (χ4v) is 2.22. The number of hydrogen-bond acceptors (Lipinski definition) is 2. The van der Waals surface area contributed by atoms with E-state index in [2.05, 4.69) is 34.9 Å². The summed E-state index contributed by atoms with van der Waals surface area (Å²) in [4.78, 5) is 0. The third-order valence-electron chi connectivity index (χ3n) is 2.54. The standard InChI is InChI=1S/C13H14BrNO/c1-9(2)12-11(8-14)15-16-13(12)10-6-4-3-5-7-10/h3-7,9H,8H2,1-2H3. The van der Waals surface area contributed by atoms with E-state index in [9.17, 15) is 0 Å². The highest BCUT2D eigenvalue weighted by Gasteiger charge is 2.18. The van der Waals surface area contributed by atoms with Crippen LogP contribution in [-0.4, -0.2) is 5.16 Å². The van der Waals surface area contributed by atoms with Gasteiger partial charge in [-0.3, -0.25) is 0 Å². The zero-order valence-electron chi connectivity index (χ0n) is 9.40. The Kier molecular flexibility index (Phi) is 3.44. The molecular weight excluding hydrogens is 266 g/mol. The highest BCUT2D eigenvalue weighted by Crippen LogP contribution is 2.32. The van der Waals surface area contributed by atoms with E-state index in [4.69, 9.17) is 4.52 Å². The van der Waals surface area contributed by atoms with Crippen molar-refractivity contribution in [1.29, 1.82) is 0 Å². The maximum Gasteiger partial charge on any atom is 0.170 e. The summed E-state index contributed by atoms with van der Waals surface area (Å²) in [5, 5.41) is 4.84. The second-order valence-corrected chi connectivity index (χ2v) is 4.59. The first-order valence-electron chi connectivity index (χ1n) is 5.34. The molecule has 0 amide bonds. The third-order valence-corrected chi connectivity index (χ3v) is 3.07. The Labute approximate surface area is 104 Å². The van der Waals surface area contributed by atoms with Crippen LogP contribution in [0.4, 0.5) is 0 Å². The first kappa shape index (κ1) is 11.4. The molecule has 1 aromatic carbocycles.